The van der Waals surface area contributed by atoms with E-state index in [-0.39, 0.29) is 12.5 Å². The third-order valence-electron chi connectivity index (χ3n) is 1.72. The Kier molecular flexibility index (Phi) is 4.58. The lowest BCUT2D eigenvalue weighted by atomic mass is 10.2. The van der Waals surface area contributed by atoms with E-state index in [0.717, 1.165) is 6.54 Å². The van der Waals surface area contributed by atoms with Gasteiger partial charge in [0, 0.05) is 24.0 Å². The molecule has 78 valence electrons. The maximum absolute atomic E-state index is 10.3. The van der Waals surface area contributed by atoms with Gasteiger partial charge in [0.1, 0.15) is 0 Å². The third-order valence-corrected chi connectivity index (χ3v) is 2.60. The molecule has 0 saturated heterocycles. The van der Waals surface area contributed by atoms with Crippen molar-refractivity contribution in [2.24, 2.45) is 5.73 Å². The van der Waals surface area contributed by atoms with E-state index in [1.165, 1.54) is 4.88 Å². The maximum Gasteiger partial charge on any atom is 0.304 e. The van der Waals surface area contributed by atoms with E-state index in [0.29, 0.717) is 6.54 Å². The highest BCUT2D eigenvalue weighted by molar-refractivity contribution is 7.09. The molecule has 5 heteroatoms. The number of nitrogens with one attached hydrogen (secondary N) is 1. The predicted octanol–water partition coefficient (Wildman–Crippen LogP) is 0.640. The van der Waals surface area contributed by atoms with E-state index in [4.69, 9.17) is 10.8 Å². The van der Waals surface area contributed by atoms with Crippen LogP contribution in [0.2, 0.25) is 0 Å². The molecule has 4 N–H and O–H groups in total. The summed E-state index contributed by atoms with van der Waals surface area (Å²) in [6.45, 7) is 1.29. The van der Waals surface area contributed by atoms with Gasteiger partial charge in [0.05, 0.1) is 6.42 Å². The highest BCUT2D eigenvalue weighted by Gasteiger charge is 2.06. The maximum atomic E-state index is 10.3. The first-order chi connectivity index (χ1) is 6.68. The molecule has 1 aromatic rings. The van der Waals surface area contributed by atoms with Crippen LogP contribution in [0.15, 0.2) is 17.5 Å². The van der Waals surface area contributed by atoms with E-state index in [2.05, 4.69) is 5.32 Å². The van der Waals surface area contributed by atoms with Crippen LogP contribution in [-0.2, 0) is 11.3 Å². The minimum Gasteiger partial charge on any atom is -0.481 e. The molecule has 1 rings (SSSR count). The first-order valence-electron chi connectivity index (χ1n) is 4.39. The van der Waals surface area contributed by atoms with Crippen molar-refractivity contribution in [3.63, 3.8) is 0 Å². The summed E-state index contributed by atoms with van der Waals surface area (Å²) in [6, 6.07) is 3.70. The van der Waals surface area contributed by atoms with Gasteiger partial charge in [-0.2, -0.15) is 0 Å². The van der Waals surface area contributed by atoms with Gasteiger partial charge in [-0.15, -0.1) is 11.3 Å². The SMILES string of the molecule is NC(CNCc1cccs1)CC(=O)O. The van der Waals surface area contributed by atoms with Gasteiger partial charge in [0.25, 0.3) is 0 Å². The summed E-state index contributed by atoms with van der Waals surface area (Å²) in [4.78, 5) is 11.5. The molecule has 0 saturated carbocycles. The number of carbonyl (C=O) groups is 1. The largest absolute Gasteiger partial charge is 0.481 e. The molecule has 0 aliphatic carbocycles. The summed E-state index contributed by atoms with van der Waals surface area (Å²) in [5, 5.41) is 13.6. The molecule has 0 fully saturated rings. The number of nitrogens with two attached hydrogens (primary N) is 1. The molecule has 0 amide bonds. The van der Waals surface area contributed by atoms with Gasteiger partial charge in [0.2, 0.25) is 0 Å². The molecule has 0 radical (unpaired) electrons. The standard InChI is InChI=1S/C9H14N2O2S/c10-7(4-9(12)13)5-11-6-8-2-1-3-14-8/h1-3,7,11H,4-6,10H2,(H,12,13). The van der Waals surface area contributed by atoms with Gasteiger partial charge in [-0.05, 0) is 11.4 Å². The number of hydrogen-bond acceptors (Lipinski definition) is 4. The first-order valence-corrected chi connectivity index (χ1v) is 5.27. The van der Waals surface area contributed by atoms with Gasteiger partial charge in [-0.3, -0.25) is 4.79 Å². The molecule has 0 aromatic carbocycles. The van der Waals surface area contributed by atoms with Crippen LogP contribution < -0.4 is 11.1 Å². The first kappa shape index (κ1) is 11.2. The smallest absolute Gasteiger partial charge is 0.304 e. The number of carboxylic acid groups (broad SMARTS) is 1. The van der Waals surface area contributed by atoms with Crippen molar-refractivity contribution in [1.29, 1.82) is 0 Å². The second-order valence-electron chi connectivity index (χ2n) is 3.07. The van der Waals surface area contributed by atoms with Gasteiger partial charge in [0.15, 0.2) is 0 Å². The average Bonchev–Trinajstić information content (AvgIpc) is 2.55. The molecule has 0 aliphatic heterocycles. The Morgan fingerprint density at radius 2 is 2.50 bits per heavy atom. The Balaban J connectivity index is 2.12. The Labute approximate surface area is 86.7 Å². The number of hydrogen-bond donors (Lipinski definition) is 3. The third kappa shape index (κ3) is 4.36. The summed E-state index contributed by atoms with van der Waals surface area (Å²) >= 11 is 1.67. The average molecular weight is 214 g/mol. The molecule has 1 atom stereocenters. The summed E-state index contributed by atoms with van der Waals surface area (Å²) in [7, 11) is 0. The van der Waals surface area contributed by atoms with Crippen LogP contribution in [0.1, 0.15) is 11.3 Å². The van der Waals surface area contributed by atoms with Crippen molar-refractivity contribution in [3.8, 4) is 0 Å². The molecule has 14 heavy (non-hydrogen) atoms. The normalized spacial score (nSPS) is 12.6. The highest BCUT2D eigenvalue weighted by Crippen LogP contribution is 2.07. The quantitative estimate of drug-likeness (QED) is 0.649. The minimum absolute atomic E-state index is 0.0113. The fraction of sp³-hybridized carbons (Fsp3) is 0.444. The number of rotatable bonds is 6. The van der Waals surface area contributed by atoms with Crippen molar-refractivity contribution in [2.45, 2.75) is 19.0 Å². The Hall–Kier alpha value is -0.910. The predicted molar refractivity (Wildman–Crippen MR) is 56.3 cm³/mol. The van der Waals surface area contributed by atoms with Crippen molar-refractivity contribution >= 4 is 17.3 Å². The molecule has 0 aliphatic rings. The van der Waals surface area contributed by atoms with Crippen molar-refractivity contribution in [1.82, 2.24) is 5.32 Å². The van der Waals surface area contributed by atoms with E-state index >= 15 is 0 Å². The molecular formula is C9H14N2O2S. The van der Waals surface area contributed by atoms with Crippen molar-refractivity contribution in [2.75, 3.05) is 6.54 Å². The van der Waals surface area contributed by atoms with Crippen LogP contribution in [-0.4, -0.2) is 23.7 Å². The van der Waals surface area contributed by atoms with E-state index in [9.17, 15) is 4.79 Å². The lowest BCUT2D eigenvalue weighted by molar-refractivity contribution is -0.137. The molecule has 1 aromatic heterocycles. The number of carboxylic acids is 1. The topological polar surface area (TPSA) is 75.3 Å². The van der Waals surface area contributed by atoms with Gasteiger partial charge >= 0.3 is 5.97 Å². The van der Waals surface area contributed by atoms with Crippen LogP contribution in [0.4, 0.5) is 0 Å². The van der Waals surface area contributed by atoms with Crippen LogP contribution in [0.5, 0.6) is 0 Å². The zero-order chi connectivity index (χ0) is 10.4. The minimum atomic E-state index is -0.851. The van der Waals surface area contributed by atoms with Crippen LogP contribution in [0.25, 0.3) is 0 Å². The molecule has 4 nitrogen and oxygen atoms in total. The summed E-state index contributed by atoms with van der Waals surface area (Å²) in [5.74, 6) is -0.851. The van der Waals surface area contributed by atoms with Crippen molar-refractivity contribution in [3.05, 3.63) is 22.4 Å². The highest BCUT2D eigenvalue weighted by atomic mass is 32.1. The van der Waals surface area contributed by atoms with Crippen LogP contribution >= 0.6 is 11.3 Å². The second-order valence-corrected chi connectivity index (χ2v) is 4.10. The fourth-order valence-corrected chi connectivity index (χ4v) is 1.76. The molecule has 0 spiro atoms. The van der Waals surface area contributed by atoms with Crippen molar-refractivity contribution < 1.29 is 9.90 Å². The lowest BCUT2D eigenvalue weighted by Crippen LogP contribution is -2.35. The molecular weight excluding hydrogens is 200 g/mol. The zero-order valence-electron chi connectivity index (χ0n) is 7.77. The van der Waals surface area contributed by atoms with Gasteiger partial charge in [-0.1, -0.05) is 6.07 Å². The molecule has 1 heterocycles. The van der Waals surface area contributed by atoms with Gasteiger partial charge in [-0.25, -0.2) is 0 Å². The Morgan fingerprint density at radius 3 is 3.07 bits per heavy atom. The molecule has 0 bridgehead atoms. The zero-order valence-corrected chi connectivity index (χ0v) is 8.59. The molecule has 1 unspecified atom stereocenters. The number of aliphatic carboxylic acids is 1. The van der Waals surface area contributed by atoms with E-state index in [1.807, 2.05) is 17.5 Å². The van der Waals surface area contributed by atoms with Crippen LogP contribution in [0.3, 0.4) is 0 Å². The van der Waals surface area contributed by atoms with E-state index in [1.54, 1.807) is 11.3 Å². The number of thiophene rings is 1. The summed E-state index contributed by atoms with van der Waals surface area (Å²) in [6.07, 6.45) is 0.0113. The van der Waals surface area contributed by atoms with Gasteiger partial charge < -0.3 is 16.2 Å². The monoisotopic (exact) mass is 214 g/mol. The second kappa shape index (κ2) is 5.74. The fourth-order valence-electron chi connectivity index (χ4n) is 1.09. The Morgan fingerprint density at radius 1 is 1.71 bits per heavy atom. The summed E-state index contributed by atoms with van der Waals surface area (Å²) in [5.41, 5.74) is 5.57. The van der Waals surface area contributed by atoms with E-state index < -0.39 is 5.97 Å². The Bertz CT molecular complexity index is 274. The lowest BCUT2D eigenvalue weighted by Gasteiger charge is -2.09. The van der Waals surface area contributed by atoms with Crippen LogP contribution in [0, 0.1) is 0 Å². The summed E-state index contributed by atoms with van der Waals surface area (Å²) < 4.78 is 0.